The first-order chi connectivity index (χ1) is 8.28. The zero-order valence-corrected chi connectivity index (χ0v) is 11.0. The summed E-state index contributed by atoms with van der Waals surface area (Å²) in [5.41, 5.74) is 3.88. The number of hydrogen-bond acceptors (Lipinski definition) is 2. The number of hydrogen-bond donors (Lipinski definition) is 0. The quantitative estimate of drug-likeness (QED) is 0.716. The molecule has 1 aliphatic rings. The molecule has 0 aliphatic carbocycles. The van der Waals surface area contributed by atoms with Crippen LogP contribution in [0.2, 0.25) is 0 Å². The minimum atomic E-state index is 1.08. The summed E-state index contributed by atoms with van der Waals surface area (Å²) in [7, 11) is 0. The van der Waals surface area contributed by atoms with Crippen LogP contribution in [0.25, 0.3) is 5.69 Å². The first-order valence-electron chi connectivity index (χ1n) is 6.00. The Labute approximate surface area is 106 Å². The molecule has 0 saturated carbocycles. The molecule has 0 bridgehead atoms. The topological polar surface area (TPSA) is 17.8 Å². The number of benzene rings is 1. The predicted molar refractivity (Wildman–Crippen MR) is 72.1 cm³/mol. The fraction of sp³-hybridized carbons (Fsp3) is 0.357. The van der Waals surface area contributed by atoms with Crippen LogP contribution in [-0.2, 0) is 12.8 Å². The highest BCUT2D eigenvalue weighted by molar-refractivity contribution is 7.98. The summed E-state index contributed by atoms with van der Waals surface area (Å²) in [6.07, 6.45) is 7.72. The molecule has 88 valence electrons. The second-order valence-electron chi connectivity index (χ2n) is 4.52. The number of aryl methyl sites for hydroxylation is 3. The maximum atomic E-state index is 4.61. The second-order valence-corrected chi connectivity index (χ2v) is 5.40. The SMILES string of the molecule is CSc1ccc2c(c1)CCCc1nc(C)cn1-2. The monoisotopic (exact) mass is 244 g/mol. The van der Waals surface area contributed by atoms with Crippen LogP contribution < -0.4 is 0 Å². The standard InChI is InChI=1S/C14H16N2S/c1-10-9-16-13-7-6-12(17-2)8-11(13)4-3-5-14(16)15-10/h6-9H,3-5H2,1-2H3. The van der Waals surface area contributed by atoms with E-state index in [9.17, 15) is 0 Å². The van der Waals surface area contributed by atoms with Crippen LogP contribution in [0, 0.1) is 6.92 Å². The molecule has 0 saturated heterocycles. The van der Waals surface area contributed by atoms with Gasteiger partial charge in [0.15, 0.2) is 0 Å². The van der Waals surface area contributed by atoms with Crippen molar-refractivity contribution in [2.45, 2.75) is 31.1 Å². The summed E-state index contributed by atoms with van der Waals surface area (Å²) in [6, 6.07) is 6.76. The molecular formula is C14H16N2S. The van der Waals surface area contributed by atoms with E-state index < -0.39 is 0 Å². The molecule has 2 aromatic rings. The molecule has 0 N–H and O–H groups in total. The van der Waals surface area contributed by atoms with Crippen molar-refractivity contribution < 1.29 is 0 Å². The van der Waals surface area contributed by atoms with Gasteiger partial charge in [-0.25, -0.2) is 4.98 Å². The highest BCUT2D eigenvalue weighted by atomic mass is 32.2. The Morgan fingerprint density at radius 3 is 3.00 bits per heavy atom. The van der Waals surface area contributed by atoms with Gasteiger partial charge in [-0.3, -0.25) is 0 Å². The van der Waals surface area contributed by atoms with E-state index in [1.165, 1.54) is 28.4 Å². The van der Waals surface area contributed by atoms with Gasteiger partial charge in [-0.15, -0.1) is 11.8 Å². The Morgan fingerprint density at radius 2 is 2.18 bits per heavy atom. The molecule has 1 aromatic heterocycles. The van der Waals surface area contributed by atoms with Crippen molar-refractivity contribution in [1.29, 1.82) is 0 Å². The average Bonchev–Trinajstić information content (AvgIpc) is 2.62. The first-order valence-corrected chi connectivity index (χ1v) is 7.22. The van der Waals surface area contributed by atoms with Crippen LogP contribution in [0.3, 0.4) is 0 Å². The minimum Gasteiger partial charge on any atom is -0.303 e. The lowest BCUT2D eigenvalue weighted by Gasteiger charge is -2.10. The third-order valence-corrected chi connectivity index (χ3v) is 4.02. The maximum absolute atomic E-state index is 4.61. The summed E-state index contributed by atoms with van der Waals surface area (Å²) in [5.74, 6) is 1.21. The van der Waals surface area contributed by atoms with Crippen molar-refractivity contribution in [3.63, 3.8) is 0 Å². The number of rotatable bonds is 1. The van der Waals surface area contributed by atoms with Crippen molar-refractivity contribution in [3.05, 3.63) is 41.5 Å². The third-order valence-electron chi connectivity index (χ3n) is 3.29. The molecule has 0 spiro atoms. The summed E-state index contributed by atoms with van der Waals surface area (Å²) >= 11 is 1.81. The average molecular weight is 244 g/mol. The van der Waals surface area contributed by atoms with Crippen molar-refractivity contribution in [2.75, 3.05) is 6.26 Å². The maximum Gasteiger partial charge on any atom is 0.113 e. The van der Waals surface area contributed by atoms with Crippen LogP contribution in [0.4, 0.5) is 0 Å². The van der Waals surface area contributed by atoms with Gasteiger partial charge in [0.25, 0.3) is 0 Å². The Balaban J connectivity index is 2.18. The first kappa shape index (κ1) is 10.9. The van der Waals surface area contributed by atoms with Gasteiger partial charge in [0, 0.05) is 23.2 Å². The third kappa shape index (κ3) is 1.89. The van der Waals surface area contributed by atoms with Gasteiger partial charge in [0.05, 0.1) is 5.69 Å². The summed E-state index contributed by atoms with van der Waals surface area (Å²) < 4.78 is 2.27. The largest absolute Gasteiger partial charge is 0.303 e. The predicted octanol–water partition coefficient (Wildman–Crippen LogP) is 3.39. The Kier molecular flexibility index (Phi) is 2.71. The second kappa shape index (κ2) is 4.22. The molecule has 1 aromatic carbocycles. The van der Waals surface area contributed by atoms with Gasteiger partial charge < -0.3 is 4.57 Å². The fourth-order valence-corrected chi connectivity index (χ4v) is 2.96. The zero-order valence-electron chi connectivity index (χ0n) is 10.2. The van der Waals surface area contributed by atoms with Crippen molar-refractivity contribution in [3.8, 4) is 5.69 Å². The molecule has 1 aliphatic heterocycles. The Morgan fingerprint density at radius 1 is 1.29 bits per heavy atom. The van der Waals surface area contributed by atoms with Crippen LogP contribution >= 0.6 is 11.8 Å². The van der Waals surface area contributed by atoms with E-state index >= 15 is 0 Å². The molecule has 3 rings (SSSR count). The Bertz CT molecular complexity index is 557. The van der Waals surface area contributed by atoms with Crippen molar-refractivity contribution in [1.82, 2.24) is 9.55 Å². The Hall–Kier alpha value is -1.22. The molecule has 0 fully saturated rings. The molecule has 0 amide bonds. The van der Waals surface area contributed by atoms with Gasteiger partial charge in [0.2, 0.25) is 0 Å². The van der Waals surface area contributed by atoms with E-state index in [-0.39, 0.29) is 0 Å². The van der Waals surface area contributed by atoms with Gasteiger partial charge >= 0.3 is 0 Å². The molecule has 0 atom stereocenters. The number of fused-ring (bicyclic) bond motifs is 3. The minimum absolute atomic E-state index is 1.08. The van der Waals surface area contributed by atoms with Crippen LogP contribution in [0.5, 0.6) is 0 Å². The van der Waals surface area contributed by atoms with Gasteiger partial charge in [-0.2, -0.15) is 0 Å². The highest BCUT2D eigenvalue weighted by Gasteiger charge is 2.15. The lowest BCUT2D eigenvalue weighted by Crippen LogP contribution is -1.99. The molecule has 17 heavy (non-hydrogen) atoms. The fourth-order valence-electron chi connectivity index (χ4n) is 2.49. The van der Waals surface area contributed by atoms with E-state index in [0.29, 0.717) is 0 Å². The lowest BCUT2D eigenvalue weighted by molar-refractivity contribution is 0.789. The van der Waals surface area contributed by atoms with Crippen LogP contribution in [0.15, 0.2) is 29.3 Å². The summed E-state index contributed by atoms with van der Waals surface area (Å²) in [6.45, 7) is 2.07. The number of nitrogens with zero attached hydrogens (tertiary/aromatic N) is 2. The summed E-state index contributed by atoms with van der Waals surface area (Å²) in [5, 5.41) is 0. The molecule has 2 heterocycles. The zero-order chi connectivity index (χ0) is 11.8. The molecule has 0 radical (unpaired) electrons. The van der Waals surface area contributed by atoms with E-state index in [4.69, 9.17) is 0 Å². The summed E-state index contributed by atoms with van der Waals surface area (Å²) in [4.78, 5) is 5.96. The van der Waals surface area contributed by atoms with Gasteiger partial charge in [0.1, 0.15) is 5.82 Å². The van der Waals surface area contributed by atoms with E-state index in [0.717, 1.165) is 18.5 Å². The smallest absolute Gasteiger partial charge is 0.113 e. The van der Waals surface area contributed by atoms with Crippen LogP contribution in [0.1, 0.15) is 23.5 Å². The van der Waals surface area contributed by atoms with E-state index in [1.54, 1.807) is 0 Å². The highest BCUT2D eigenvalue weighted by Crippen LogP contribution is 2.27. The van der Waals surface area contributed by atoms with Gasteiger partial charge in [-0.05, 0) is 49.8 Å². The van der Waals surface area contributed by atoms with E-state index in [2.05, 4.69) is 47.1 Å². The molecular weight excluding hydrogens is 228 g/mol. The normalized spacial score (nSPS) is 14.0. The molecule has 3 heteroatoms. The number of thioether (sulfide) groups is 1. The number of imidazole rings is 1. The van der Waals surface area contributed by atoms with Crippen molar-refractivity contribution in [2.24, 2.45) is 0 Å². The van der Waals surface area contributed by atoms with Crippen LogP contribution in [-0.4, -0.2) is 15.8 Å². The molecule has 2 nitrogen and oxygen atoms in total. The van der Waals surface area contributed by atoms with Crippen molar-refractivity contribution >= 4 is 11.8 Å². The lowest BCUT2D eigenvalue weighted by atomic mass is 10.1. The van der Waals surface area contributed by atoms with E-state index in [1.807, 2.05) is 11.8 Å². The van der Waals surface area contributed by atoms with Gasteiger partial charge in [-0.1, -0.05) is 0 Å². The number of aromatic nitrogens is 2. The molecule has 0 unspecified atom stereocenters.